The van der Waals surface area contributed by atoms with E-state index < -0.39 is 5.97 Å². The number of allylic oxidation sites excluding steroid dienone is 1. The molecule has 0 unspecified atom stereocenters. The summed E-state index contributed by atoms with van der Waals surface area (Å²) >= 11 is 6.55. The van der Waals surface area contributed by atoms with Gasteiger partial charge in [-0.05, 0) is 76.3 Å². The second-order valence-corrected chi connectivity index (χ2v) is 9.44. The molecule has 0 radical (unpaired) electrons. The summed E-state index contributed by atoms with van der Waals surface area (Å²) in [4.78, 5) is 13.0. The number of nitrogens with zero attached hydrogens (tertiary/aromatic N) is 1. The van der Waals surface area contributed by atoms with Gasteiger partial charge in [0.1, 0.15) is 0 Å². The number of carbonyl (C=O) groups is 1. The molecule has 1 aliphatic heterocycles. The maximum absolute atomic E-state index is 10.8. The molecule has 1 aliphatic carbocycles. The highest BCUT2D eigenvalue weighted by Crippen LogP contribution is 2.49. The third-order valence-corrected chi connectivity index (χ3v) is 7.40. The molecule has 5 heteroatoms. The summed E-state index contributed by atoms with van der Waals surface area (Å²) in [5, 5.41) is 19.7. The van der Waals surface area contributed by atoms with Crippen molar-refractivity contribution in [1.82, 2.24) is 4.90 Å². The van der Waals surface area contributed by atoms with Gasteiger partial charge in [-0.3, -0.25) is 9.69 Å². The highest BCUT2D eigenvalue weighted by molar-refractivity contribution is 6.21. The lowest BCUT2D eigenvalue weighted by atomic mass is 9.61. The van der Waals surface area contributed by atoms with Crippen molar-refractivity contribution in [3.05, 3.63) is 12.2 Å². The van der Waals surface area contributed by atoms with E-state index in [0.717, 1.165) is 45.2 Å². The van der Waals surface area contributed by atoms with Crippen LogP contribution in [0.15, 0.2) is 12.2 Å². The molecule has 0 spiro atoms. The first-order valence-electron chi connectivity index (χ1n) is 11.4. The van der Waals surface area contributed by atoms with Gasteiger partial charge in [0.05, 0.1) is 11.5 Å². The normalized spacial score (nSPS) is 25.8. The van der Waals surface area contributed by atoms with Crippen molar-refractivity contribution in [2.75, 3.05) is 13.1 Å². The second-order valence-electron chi connectivity index (χ2n) is 8.88. The monoisotopic (exact) mass is 413 g/mol. The quantitative estimate of drug-likeness (QED) is 0.228. The Kier molecular flexibility index (Phi) is 10.3. The predicted molar refractivity (Wildman–Crippen MR) is 116 cm³/mol. The first kappa shape index (κ1) is 23.7. The van der Waals surface area contributed by atoms with E-state index in [2.05, 4.69) is 24.0 Å². The third kappa shape index (κ3) is 7.03. The molecule has 162 valence electrons. The highest BCUT2D eigenvalue weighted by atomic mass is 35.5. The van der Waals surface area contributed by atoms with Crippen LogP contribution in [0.5, 0.6) is 0 Å². The van der Waals surface area contributed by atoms with Crippen LogP contribution < -0.4 is 0 Å². The Hall–Kier alpha value is -0.580. The molecule has 4 nitrogen and oxygen atoms in total. The van der Waals surface area contributed by atoms with E-state index in [1.807, 2.05) is 0 Å². The fraction of sp³-hybridized carbons (Fsp3) is 0.870. The first-order chi connectivity index (χ1) is 13.5. The molecule has 2 rings (SSSR count). The van der Waals surface area contributed by atoms with E-state index in [0.29, 0.717) is 12.5 Å². The van der Waals surface area contributed by atoms with Crippen LogP contribution in [-0.4, -0.2) is 51.7 Å². The fourth-order valence-corrected chi connectivity index (χ4v) is 5.24. The van der Waals surface area contributed by atoms with Crippen molar-refractivity contribution >= 4 is 17.6 Å². The van der Waals surface area contributed by atoms with Gasteiger partial charge in [-0.2, -0.15) is 0 Å². The summed E-state index contributed by atoms with van der Waals surface area (Å²) in [6, 6.07) is 0.368. The summed E-state index contributed by atoms with van der Waals surface area (Å²) in [7, 11) is 0. The number of hydrogen-bond donors (Lipinski definition) is 2. The molecule has 28 heavy (non-hydrogen) atoms. The summed E-state index contributed by atoms with van der Waals surface area (Å²) in [6.45, 7) is 4.29. The predicted octanol–water partition coefficient (Wildman–Crippen LogP) is 5.37. The van der Waals surface area contributed by atoms with Crippen molar-refractivity contribution < 1.29 is 15.0 Å². The minimum Gasteiger partial charge on any atom is -0.481 e. The number of alkyl halides is 1. The van der Waals surface area contributed by atoms with E-state index in [9.17, 15) is 9.90 Å². The lowest BCUT2D eigenvalue weighted by Gasteiger charge is -2.46. The number of hydrogen-bond acceptors (Lipinski definition) is 3. The first-order valence-corrected chi connectivity index (χ1v) is 11.8. The molecule has 1 saturated heterocycles. The number of aliphatic carboxylic acids is 1. The number of unbranched alkanes of at least 4 members (excludes halogenated alkanes) is 2. The van der Waals surface area contributed by atoms with Gasteiger partial charge < -0.3 is 10.2 Å². The average molecular weight is 414 g/mol. The molecule has 0 bridgehead atoms. The highest BCUT2D eigenvalue weighted by Gasteiger charge is 2.42. The third-order valence-electron chi connectivity index (χ3n) is 6.89. The summed E-state index contributed by atoms with van der Waals surface area (Å²) in [6.07, 6.45) is 17.1. The molecular formula is C23H40ClNO3. The molecule has 1 saturated carbocycles. The standard InChI is InChI=1S/C23H40ClNO3/c1-2-3-14-23(15-9-16-23)21(26)11-8-17-25-18-13-19(24)20(25)10-6-4-5-7-12-22(27)28/h4,6,19-21,26H,2-3,5,7-18H2,1H3,(H,27,28)/b6-4-/t19-,20+,21+/m1/s1. The van der Waals surface area contributed by atoms with Crippen LogP contribution in [0.3, 0.4) is 0 Å². The smallest absolute Gasteiger partial charge is 0.303 e. The number of halogens is 1. The van der Waals surface area contributed by atoms with Crippen LogP contribution in [0, 0.1) is 5.41 Å². The zero-order chi connectivity index (χ0) is 20.4. The Morgan fingerprint density at radius 2 is 2.07 bits per heavy atom. The van der Waals surface area contributed by atoms with Crippen LogP contribution in [0.25, 0.3) is 0 Å². The number of rotatable bonds is 14. The minimum absolute atomic E-state index is 0.144. The molecule has 0 aromatic rings. The summed E-state index contributed by atoms with van der Waals surface area (Å²) < 4.78 is 0. The Bertz CT molecular complexity index is 492. The topological polar surface area (TPSA) is 60.8 Å². The number of carboxylic acid groups (broad SMARTS) is 1. The maximum atomic E-state index is 10.8. The van der Waals surface area contributed by atoms with Crippen LogP contribution in [-0.2, 0) is 4.79 Å². The average Bonchev–Trinajstić information content (AvgIpc) is 2.97. The molecule has 0 amide bonds. The van der Waals surface area contributed by atoms with Gasteiger partial charge in [0.15, 0.2) is 0 Å². The van der Waals surface area contributed by atoms with Gasteiger partial charge in [-0.1, -0.05) is 38.3 Å². The Morgan fingerprint density at radius 1 is 1.29 bits per heavy atom. The van der Waals surface area contributed by atoms with E-state index in [4.69, 9.17) is 16.7 Å². The zero-order valence-corrected chi connectivity index (χ0v) is 18.4. The lowest BCUT2D eigenvalue weighted by molar-refractivity contribution is -0.137. The maximum Gasteiger partial charge on any atom is 0.303 e. The van der Waals surface area contributed by atoms with Gasteiger partial charge in [0.25, 0.3) is 0 Å². The van der Waals surface area contributed by atoms with Gasteiger partial charge in [-0.15, -0.1) is 11.6 Å². The second kappa shape index (κ2) is 12.2. The van der Waals surface area contributed by atoms with Crippen LogP contribution in [0.4, 0.5) is 0 Å². The summed E-state index contributed by atoms with van der Waals surface area (Å²) in [5.41, 5.74) is 0.216. The molecule has 0 aromatic carbocycles. The summed E-state index contributed by atoms with van der Waals surface area (Å²) in [5.74, 6) is -0.725. The van der Waals surface area contributed by atoms with Gasteiger partial charge in [-0.25, -0.2) is 0 Å². The van der Waals surface area contributed by atoms with Crippen molar-refractivity contribution in [3.8, 4) is 0 Å². The molecule has 1 heterocycles. The Labute approximate surface area is 176 Å². The molecule has 3 atom stereocenters. The molecule has 2 N–H and O–H groups in total. The lowest BCUT2D eigenvalue weighted by Crippen LogP contribution is -2.42. The van der Waals surface area contributed by atoms with E-state index in [1.165, 1.54) is 38.5 Å². The molecule has 2 aliphatic rings. The van der Waals surface area contributed by atoms with Gasteiger partial charge in [0, 0.05) is 12.5 Å². The number of aliphatic hydroxyl groups excluding tert-OH is 1. The van der Waals surface area contributed by atoms with Gasteiger partial charge >= 0.3 is 5.97 Å². The van der Waals surface area contributed by atoms with Crippen molar-refractivity contribution in [3.63, 3.8) is 0 Å². The van der Waals surface area contributed by atoms with E-state index in [1.54, 1.807) is 0 Å². The molecule has 2 fully saturated rings. The Balaban J connectivity index is 1.70. The number of carboxylic acids is 1. The number of likely N-dealkylation sites (tertiary alicyclic amines) is 1. The van der Waals surface area contributed by atoms with Crippen molar-refractivity contribution in [2.24, 2.45) is 5.41 Å². The zero-order valence-electron chi connectivity index (χ0n) is 17.6. The van der Waals surface area contributed by atoms with Gasteiger partial charge in [0.2, 0.25) is 0 Å². The fourth-order valence-electron chi connectivity index (χ4n) is 4.88. The minimum atomic E-state index is -0.725. The Morgan fingerprint density at radius 3 is 2.71 bits per heavy atom. The van der Waals surface area contributed by atoms with E-state index in [-0.39, 0.29) is 23.3 Å². The largest absolute Gasteiger partial charge is 0.481 e. The van der Waals surface area contributed by atoms with Crippen molar-refractivity contribution in [2.45, 2.75) is 108 Å². The van der Waals surface area contributed by atoms with Crippen LogP contribution >= 0.6 is 11.6 Å². The van der Waals surface area contributed by atoms with Crippen molar-refractivity contribution in [1.29, 1.82) is 0 Å². The van der Waals surface area contributed by atoms with E-state index >= 15 is 0 Å². The van der Waals surface area contributed by atoms with Crippen LogP contribution in [0.2, 0.25) is 0 Å². The number of aliphatic hydroxyl groups is 1. The molecular weight excluding hydrogens is 374 g/mol. The van der Waals surface area contributed by atoms with Crippen LogP contribution in [0.1, 0.15) is 90.4 Å². The SMILES string of the molecule is CCCCC1([C@@H](O)CCCN2CC[C@@H](Cl)[C@@H]2C/C=C\CCCC(=O)O)CCC1. The molecule has 0 aromatic heterocycles.